The summed E-state index contributed by atoms with van der Waals surface area (Å²) in [6.07, 6.45) is 0. The van der Waals surface area contributed by atoms with Gasteiger partial charge in [-0.05, 0) is 0 Å². The summed E-state index contributed by atoms with van der Waals surface area (Å²) in [7, 11) is 0. The second kappa shape index (κ2) is 3.16. The molecule has 3 nitrogen and oxygen atoms in total. The highest BCUT2D eigenvalue weighted by atomic mass is 16.1. The zero-order valence-corrected chi connectivity index (χ0v) is 6.16. The number of hydrogen-bond acceptors (Lipinski definition) is 1. The summed E-state index contributed by atoms with van der Waals surface area (Å²) in [6.45, 7) is 0. The highest BCUT2D eigenvalue weighted by molar-refractivity contribution is 5.79. The molecule has 5 N–H and O–H groups in total. The molecule has 3 heteroatoms. The van der Waals surface area contributed by atoms with Gasteiger partial charge in [0.05, 0.1) is 0 Å². The SMILES string of the molecule is NC(=O)C([NH3+])c1ccccc1. The first-order valence-electron chi connectivity index (χ1n) is 3.39. The number of rotatable bonds is 2. The van der Waals surface area contributed by atoms with Crippen molar-refractivity contribution < 1.29 is 10.5 Å². The van der Waals surface area contributed by atoms with Gasteiger partial charge in [0.15, 0.2) is 6.04 Å². The van der Waals surface area contributed by atoms with E-state index < -0.39 is 11.9 Å². The first-order chi connectivity index (χ1) is 5.22. The Balaban J connectivity index is 2.85. The summed E-state index contributed by atoms with van der Waals surface area (Å²) in [4.78, 5) is 10.7. The predicted molar refractivity (Wildman–Crippen MR) is 41.3 cm³/mol. The summed E-state index contributed by atoms with van der Waals surface area (Å²) in [5.41, 5.74) is 9.56. The van der Waals surface area contributed by atoms with Crippen molar-refractivity contribution in [2.45, 2.75) is 6.04 Å². The van der Waals surface area contributed by atoms with Gasteiger partial charge >= 0.3 is 0 Å². The van der Waals surface area contributed by atoms with Crippen LogP contribution in [0.15, 0.2) is 30.3 Å². The maximum absolute atomic E-state index is 10.7. The van der Waals surface area contributed by atoms with Crippen molar-refractivity contribution in [3.8, 4) is 0 Å². The number of amides is 1. The van der Waals surface area contributed by atoms with Crippen molar-refractivity contribution in [1.29, 1.82) is 0 Å². The van der Waals surface area contributed by atoms with Crippen LogP contribution < -0.4 is 11.5 Å². The molecular weight excluding hydrogens is 140 g/mol. The van der Waals surface area contributed by atoms with Crippen LogP contribution in [0, 0.1) is 0 Å². The van der Waals surface area contributed by atoms with Gasteiger partial charge in [-0.1, -0.05) is 30.3 Å². The van der Waals surface area contributed by atoms with Gasteiger partial charge in [-0.2, -0.15) is 0 Å². The topological polar surface area (TPSA) is 70.7 Å². The van der Waals surface area contributed by atoms with Crippen LogP contribution in [0.4, 0.5) is 0 Å². The number of nitrogens with two attached hydrogens (primary N) is 1. The van der Waals surface area contributed by atoms with Crippen molar-refractivity contribution in [3.05, 3.63) is 35.9 Å². The van der Waals surface area contributed by atoms with Crippen molar-refractivity contribution >= 4 is 5.91 Å². The average Bonchev–Trinajstić information content (AvgIpc) is 2.05. The van der Waals surface area contributed by atoms with E-state index in [4.69, 9.17) is 5.73 Å². The molecule has 1 atom stereocenters. The number of carbonyl (C=O) groups excluding carboxylic acids is 1. The van der Waals surface area contributed by atoms with E-state index in [0.29, 0.717) is 0 Å². The molecule has 58 valence electrons. The maximum atomic E-state index is 10.7. The van der Waals surface area contributed by atoms with E-state index in [0.717, 1.165) is 5.56 Å². The smallest absolute Gasteiger partial charge is 0.280 e. The molecule has 11 heavy (non-hydrogen) atoms. The van der Waals surface area contributed by atoms with E-state index >= 15 is 0 Å². The zero-order valence-electron chi connectivity index (χ0n) is 6.16. The second-order valence-electron chi connectivity index (χ2n) is 2.37. The third kappa shape index (κ3) is 1.78. The Bertz CT molecular complexity index is 246. The molecule has 0 spiro atoms. The Kier molecular flexibility index (Phi) is 2.23. The van der Waals surface area contributed by atoms with Crippen LogP contribution >= 0.6 is 0 Å². The summed E-state index contributed by atoms with van der Waals surface area (Å²) >= 11 is 0. The second-order valence-corrected chi connectivity index (χ2v) is 2.37. The first kappa shape index (κ1) is 7.75. The molecule has 1 amide bonds. The fourth-order valence-corrected chi connectivity index (χ4v) is 0.850. The van der Waals surface area contributed by atoms with Gasteiger partial charge in [0.25, 0.3) is 5.91 Å². The first-order valence-corrected chi connectivity index (χ1v) is 3.39. The standard InChI is InChI=1S/C8H10N2O/c9-7(8(10)11)6-4-2-1-3-5-6/h1-5,7H,9H2,(H2,10,11)/p+1. The van der Waals surface area contributed by atoms with E-state index in [1.807, 2.05) is 30.3 Å². The molecule has 0 bridgehead atoms. The molecule has 0 aliphatic carbocycles. The third-order valence-corrected chi connectivity index (χ3v) is 1.55. The minimum absolute atomic E-state index is 0.392. The van der Waals surface area contributed by atoms with Crippen LogP contribution in [-0.2, 0) is 4.79 Å². The molecule has 0 aliphatic heterocycles. The largest absolute Gasteiger partial charge is 0.364 e. The number of quaternary nitrogens is 1. The molecule has 1 rings (SSSR count). The minimum Gasteiger partial charge on any atom is -0.364 e. The Morgan fingerprint density at radius 1 is 1.36 bits per heavy atom. The number of hydrogen-bond donors (Lipinski definition) is 2. The highest BCUT2D eigenvalue weighted by Gasteiger charge is 2.14. The van der Waals surface area contributed by atoms with Crippen LogP contribution in [0.5, 0.6) is 0 Å². The normalized spacial score (nSPS) is 12.5. The lowest BCUT2D eigenvalue weighted by molar-refractivity contribution is -0.409. The molecule has 0 saturated carbocycles. The van der Waals surface area contributed by atoms with E-state index in [2.05, 4.69) is 5.73 Å². The fraction of sp³-hybridized carbons (Fsp3) is 0.125. The lowest BCUT2D eigenvalue weighted by atomic mass is 10.1. The molecular formula is C8H11N2O+. The molecule has 0 aliphatic rings. The molecule has 1 aromatic carbocycles. The molecule has 0 saturated heterocycles. The van der Waals surface area contributed by atoms with E-state index in [1.54, 1.807) is 0 Å². The van der Waals surface area contributed by atoms with Gasteiger partial charge in [-0.15, -0.1) is 0 Å². The third-order valence-electron chi connectivity index (χ3n) is 1.55. The average molecular weight is 151 g/mol. The van der Waals surface area contributed by atoms with Crippen molar-refractivity contribution in [2.24, 2.45) is 5.73 Å². The van der Waals surface area contributed by atoms with Gasteiger partial charge in [-0.25, -0.2) is 0 Å². The lowest BCUT2D eigenvalue weighted by Crippen LogP contribution is -2.59. The van der Waals surface area contributed by atoms with Crippen molar-refractivity contribution in [1.82, 2.24) is 0 Å². The number of primary amides is 1. The van der Waals surface area contributed by atoms with Gasteiger partial charge in [0.1, 0.15) is 0 Å². The van der Waals surface area contributed by atoms with E-state index in [1.165, 1.54) is 0 Å². The number of benzene rings is 1. The Hall–Kier alpha value is -1.35. The monoisotopic (exact) mass is 151 g/mol. The Morgan fingerprint density at radius 2 is 1.91 bits per heavy atom. The molecule has 1 unspecified atom stereocenters. The van der Waals surface area contributed by atoms with Crippen LogP contribution in [0.3, 0.4) is 0 Å². The summed E-state index contributed by atoms with van der Waals surface area (Å²) in [5, 5.41) is 0. The molecule has 0 aromatic heterocycles. The van der Waals surface area contributed by atoms with E-state index in [9.17, 15) is 4.79 Å². The maximum Gasteiger partial charge on any atom is 0.280 e. The van der Waals surface area contributed by atoms with Gasteiger partial charge in [0, 0.05) is 5.56 Å². The van der Waals surface area contributed by atoms with Gasteiger partial charge in [-0.3, -0.25) is 4.79 Å². The quantitative estimate of drug-likeness (QED) is 0.585. The summed E-state index contributed by atoms with van der Waals surface area (Å²) in [5.74, 6) is -0.392. The molecule has 0 heterocycles. The van der Waals surface area contributed by atoms with Gasteiger partial charge < -0.3 is 11.5 Å². The molecule has 0 fully saturated rings. The van der Waals surface area contributed by atoms with Gasteiger partial charge in [0.2, 0.25) is 0 Å². The van der Waals surface area contributed by atoms with Crippen molar-refractivity contribution in [2.75, 3.05) is 0 Å². The van der Waals surface area contributed by atoms with Crippen LogP contribution in [0.2, 0.25) is 0 Å². The Labute approximate surface area is 65.0 Å². The molecule has 1 aromatic rings. The highest BCUT2D eigenvalue weighted by Crippen LogP contribution is 2.05. The lowest BCUT2D eigenvalue weighted by Gasteiger charge is -2.02. The van der Waals surface area contributed by atoms with Crippen LogP contribution in [0.1, 0.15) is 11.6 Å². The fourth-order valence-electron chi connectivity index (χ4n) is 0.850. The summed E-state index contributed by atoms with van der Waals surface area (Å²) < 4.78 is 0. The predicted octanol–water partition coefficient (Wildman–Crippen LogP) is -0.545. The van der Waals surface area contributed by atoms with E-state index in [-0.39, 0.29) is 0 Å². The minimum atomic E-state index is -0.434. The van der Waals surface area contributed by atoms with Crippen LogP contribution in [0.25, 0.3) is 0 Å². The zero-order chi connectivity index (χ0) is 8.27. The summed E-state index contributed by atoms with van der Waals surface area (Å²) in [6, 6.07) is 8.84. The molecule has 0 radical (unpaired) electrons. The number of carbonyl (C=O) groups is 1. The Morgan fingerprint density at radius 3 is 2.36 bits per heavy atom. The van der Waals surface area contributed by atoms with Crippen molar-refractivity contribution in [3.63, 3.8) is 0 Å². The van der Waals surface area contributed by atoms with Crippen LogP contribution in [-0.4, -0.2) is 5.91 Å².